The van der Waals surface area contributed by atoms with E-state index >= 15 is 0 Å². The van der Waals surface area contributed by atoms with Crippen molar-refractivity contribution in [3.05, 3.63) is 59.7 Å². The lowest BCUT2D eigenvalue weighted by molar-refractivity contribution is 0.472. The molecule has 0 saturated carbocycles. The minimum atomic E-state index is -0.0837. The maximum Gasteiger partial charge on any atom is 0.132 e. The Bertz CT molecular complexity index is 568. The van der Waals surface area contributed by atoms with Gasteiger partial charge in [-0.15, -0.1) is 0 Å². The van der Waals surface area contributed by atoms with Crippen molar-refractivity contribution >= 4 is 0 Å². The lowest BCUT2D eigenvalue weighted by atomic mass is 10.1. The molecule has 2 aromatic carbocycles. The average molecular weight is 238 g/mol. The summed E-state index contributed by atoms with van der Waals surface area (Å²) in [6.45, 7) is 1.92. The Labute approximate surface area is 106 Å². The van der Waals surface area contributed by atoms with Crippen LogP contribution in [0.4, 0.5) is 0 Å². The summed E-state index contributed by atoms with van der Waals surface area (Å²) in [4.78, 5) is 0. The minimum Gasteiger partial charge on any atom is -0.457 e. The highest BCUT2D eigenvalue weighted by molar-refractivity contribution is 5.41. The van der Waals surface area contributed by atoms with Crippen LogP contribution in [-0.4, -0.2) is 0 Å². The quantitative estimate of drug-likeness (QED) is 0.891. The first-order chi connectivity index (χ1) is 8.70. The first-order valence-corrected chi connectivity index (χ1v) is 5.73. The van der Waals surface area contributed by atoms with E-state index in [4.69, 9.17) is 15.7 Å². The molecular formula is C15H14N2O. The van der Waals surface area contributed by atoms with E-state index in [2.05, 4.69) is 6.07 Å². The van der Waals surface area contributed by atoms with E-state index in [-0.39, 0.29) is 6.04 Å². The largest absolute Gasteiger partial charge is 0.457 e. The van der Waals surface area contributed by atoms with Gasteiger partial charge < -0.3 is 10.5 Å². The molecule has 0 aromatic heterocycles. The van der Waals surface area contributed by atoms with Crippen LogP contribution in [0.5, 0.6) is 11.5 Å². The first kappa shape index (κ1) is 12.2. The van der Waals surface area contributed by atoms with Crippen LogP contribution in [0.1, 0.15) is 24.1 Å². The number of para-hydroxylation sites is 1. The molecule has 2 N–H and O–H groups in total. The van der Waals surface area contributed by atoms with Crippen molar-refractivity contribution < 1.29 is 4.74 Å². The third kappa shape index (κ3) is 2.68. The molecule has 0 spiro atoms. The molecule has 3 heteroatoms. The second-order valence-electron chi connectivity index (χ2n) is 4.06. The molecule has 0 fully saturated rings. The van der Waals surface area contributed by atoms with Gasteiger partial charge in [-0.25, -0.2) is 0 Å². The van der Waals surface area contributed by atoms with Crippen molar-refractivity contribution in [2.45, 2.75) is 13.0 Å². The molecular weight excluding hydrogens is 224 g/mol. The van der Waals surface area contributed by atoms with Crippen molar-refractivity contribution in [3.63, 3.8) is 0 Å². The summed E-state index contributed by atoms with van der Waals surface area (Å²) in [7, 11) is 0. The molecule has 3 nitrogen and oxygen atoms in total. The smallest absolute Gasteiger partial charge is 0.132 e. The van der Waals surface area contributed by atoms with Gasteiger partial charge in [0.2, 0.25) is 0 Å². The molecule has 0 saturated heterocycles. The van der Waals surface area contributed by atoms with Crippen LogP contribution in [-0.2, 0) is 0 Å². The van der Waals surface area contributed by atoms with Crippen LogP contribution >= 0.6 is 0 Å². The van der Waals surface area contributed by atoms with Crippen molar-refractivity contribution in [1.82, 2.24) is 0 Å². The highest BCUT2D eigenvalue weighted by Crippen LogP contribution is 2.28. The zero-order valence-electron chi connectivity index (χ0n) is 10.1. The summed E-state index contributed by atoms with van der Waals surface area (Å²) >= 11 is 0. The Kier molecular flexibility index (Phi) is 3.61. The number of hydrogen-bond donors (Lipinski definition) is 1. The molecule has 0 aliphatic heterocycles. The van der Waals surface area contributed by atoms with E-state index in [1.807, 2.05) is 31.2 Å². The fourth-order valence-corrected chi connectivity index (χ4v) is 1.67. The van der Waals surface area contributed by atoms with Gasteiger partial charge in [-0.2, -0.15) is 5.26 Å². The van der Waals surface area contributed by atoms with E-state index in [0.29, 0.717) is 11.3 Å². The van der Waals surface area contributed by atoms with Crippen LogP contribution in [0.25, 0.3) is 0 Å². The van der Waals surface area contributed by atoms with Gasteiger partial charge in [0.05, 0.1) is 11.6 Å². The van der Waals surface area contributed by atoms with Crippen LogP contribution in [0.2, 0.25) is 0 Å². The van der Waals surface area contributed by atoms with Crippen molar-refractivity contribution in [2.75, 3.05) is 0 Å². The summed E-state index contributed by atoms with van der Waals surface area (Å²) < 4.78 is 5.78. The Morgan fingerprint density at radius 1 is 1.11 bits per heavy atom. The van der Waals surface area contributed by atoms with Gasteiger partial charge >= 0.3 is 0 Å². The van der Waals surface area contributed by atoms with Gasteiger partial charge in [-0.3, -0.25) is 0 Å². The van der Waals surface area contributed by atoms with Gasteiger partial charge in [0.1, 0.15) is 11.5 Å². The maximum atomic E-state index is 8.73. The molecule has 0 amide bonds. The molecule has 18 heavy (non-hydrogen) atoms. The number of nitrogens with zero attached hydrogens (tertiary/aromatic N) is 1. The number of hydrogen-bond acceptors (Lipinski definition) is 3. The van der Waals surface area contributed by atoms with Gasteiger partial charge in [0.25, 0.3) is 0 Å². The second-order valence-corrected chi connectivity index (χ2v) is 4.06. The summed E-state index contributed by atoms with van der Waals surface area (Å²) in [5.74, 6) is 1.44. The van der Waals surface area contributed by atoms with Crippen LogP contribution in [0, 0.1) is 11.3 Å². The van der Waals surface area contributed by atoms with E-state index in [1.54, 1.807) is 24.3 Å². The lowest BCUT2D eigenvalue weighted by Crippen LogP contribution is -2.06. The van der Waals surface area contributed by atoms with Crippen LogP contribution in [0.15, 0.2) is 48.5 Å². The first-order valence-electron chi connectivity index (χ1n) is 5.73. The molecule has 1 atom stereocenters. The Balaban J connectivity index is 2.26. The minimum absolute atomic E-state index is 0.0837. The summed E-state index contributed by atoms with van der Waals surface area (Å²) in [5, 5.41) is 8.73. The molecule has 0 aliphatic rings. The highest BCUT2D eigenvalue weighted by Gasteiger charge is 2.07. The van der Waals surface area contributed by atoms with Crippen LogP contribution < -0.4 is 10.5 Å². The number of nitriles is 1. The number of ether oxygens (including phenoxy) is 1. The number of benzene rings is 2. The SMILES string of the molecule is C[C@@H](N)c1ccccc1Oc1ccc(C#N)cc1. The molecule has 0 aliphatic carbocycles. The third-order valence-electron chi connectivity index (χ3n) is 2.62. The fourth-order valence-electron chi connectivity index (χ4n) is 1.67. The summed E-state index contributed by atoms with van der Waals surface area (Å²) in [6, 6.07) is 16.7. The van der Waals surface area contributed by atoms with Crippen molar-refractivity contribution in [2.24, 2.45) is 5.73 Å². The van der Waals surface area contributed by atoms with E-state index in [1.165, 1.54) is 0 Å². The molecule has 0 unspecified atom stereocenters. The average Bonchev–Trinajstić information content (AvgIpc) is 2.40. The maximum absolute atomic E-state index is 8.73. The van der Waals surface area contributed by atoms with Gasteiger partial charge in [0.15, 0.2) is 0 Å². The molecule has 0 heterocycles. The van der Waals surface area contributed by atoms with E-state index < -0.39 is 0 Å². The summed E-state index contributed by atoms with van der Waals surface area (Å²) in [5.41, 5.74) is 7.46. The molecule has 2 rings (SSSR count). The predicted octanol–water partition coefficient (Wildman–Crippen LogP) is 3.37. The molecule has 90 valence electrons. The standard InChI is InChI=1S/C15H14N2O/c1-11(17)14-4-2-3-5-15(14)18-13-8-6-12(10-16)7-9-13/h2-9,11H,17H2,1H3/t11-/m1/s1. The number of rotatable bonds is 3. The zero-order chi connectivity index (χ0) is 13.0. The van der Waals surface area contributed by atoms with Gasteiger partial charge in [-0.05, 0) is 37.3 Å². The van der Waals surface area contributed by atoms with Crippen LogP contribution in [0.3, 0.4) is 0 Å². The van der Waals surface area contributed by atoms with Crippen molar-refractivity contribution in [1.29, 1.82) is 5.26 Å². The third-order valence-corrected chi connectivity index (χ3v) is 2.62. The molecule has 0 bridgehead atoms. The molecule has 2 aromatic rings. The van der Waals surface area contributed by atoms with Gasteiger partial charge in [-0.1, -0.05) is 18.2 Å². The van der Waals surface area contributed by atoms with E-state index in [0.717, 1.165) is 11.3 Å². The summed E-state index contributed by atoms with van der Waals surface area (Å²) in [6.07, 6.45) is 0. The topological polar surface area (TPSA) is 59.0 Å². The zero-order valence-corrected chi connectivity index (χ0v) is 10.1. The Morgan fingerprint density at radius 2 is 1.78 bits per heavy atom. The normalized spacial score (nSPS) is 11.6. The molecule has 0 radical (unpaired) electrons. The Morgan fingerprint density at radius 3 is 2.39 bits per heavy atom. The highest BCUT2D eigenvalue weighted by atomic mass is 16.5. The predicted molar refractivity (Wildman–Crippen MR) is 70.3 cm³/mol. The fraction of sp³-hybridized carbons (Fsp3) is 0.133. The second kappa shape index (κ2) is 5.35. The van der Waals surface area contributed by atoms with Gasteiger partial charge in [0, 0.05) is 11.6 Å². The number of nitrogens with two attached hydrogens (primary N) is 1. The monoisotopic (exact) mass is 238 g/mol. The lowest BCUT2D eigenvalue weighted by Gasteiger charge is -2.13. The van der Waals surface area contributed by atoms with Crippen molar-refractivity contribution in [3.8, 4) is 17.6 Å². The van der Waals surface area contributed by atoms with E-state index in [9.17, 15) is 0 Å². The Hall–Kier alpha value is -2.31.